The number of Topliss-reactive ketones (excluding diaryl/α,β-unsaturated/α-hetero) is 1. The Morgan fingerprint density at radius 1 is 0.591 bits per heavy atom. The fourth-order valence-electron chi connectivity index (χ4n) is 7.78. The van der Waals surface area contributed by atoms with Crippen LogP contribution in [0.2, 0.25) is 0 Å². The standard InChI is InChI=1S/C40H33O3P/c1-3-30-35-31-23-13-15-25-33(31)36(34-26-16-14-24-32(34)35)37(30)38(41)39(40(42)43-2)44(27-17-7-4-8-18-27,28-19-9-5-10-20-28)29-21-11-6-12-22-29/h3-26,30,35-37H,1H2,2H3/t30-,35?,36?,37+/m0/s1. The predicted molar refractivity (Wildman–Crippen MR) is 181 cm³/mol. The molecule has 0 saturated carbocycles. The molecule has 216 valence electrons. The number of esters is 1. The van der Waals surface area contributed by atoms with E-state index in [1.54, 1.807) is 0 Å². The minimum absolute atomic E-state index is 0.0318. The Bertz CT molecular complexity index is 1780. The largest absolute Gasteiger partial charge is 0.465 e. The zero-order valence-corrected chi connectivity index (χ0v) is 25.4. The molecular formula is C40H33O3P. The zero-order valence-electron chi connectivity index (χ0n) is 24.5. The predicted octanol–water partition coefficient (Wildman–Crippen LogP) is 6.60. The van der Waals surface area contributed by atoms with Gasteiger partial charge in [-0.2, -0.15) is 0 Å². The molecule has 44 heavy (non-hydrogen) atoms. The average molecular weight is 593 g/mol. The molecule has 2 atom stereocenters. The summed E-state index contributed by atoms with van der Waals surface area (Å²) in [5, 5.41) is 3.03. The number of allylic oxidation sites excluding steroid dienone is 1. The van der Waals surface area contributed by atoms with E-state index in [4.69, 9.17) is 4.74 Å². The van der Waals surface area contributed by atoms with Crippen molar-refractivity contribution in [2.24, 2.45) is 11.8 Å². The zero-order chi connectivity index (χ0) is 30.3. The van der Waals surface area contributed by atoms with Gasteiger partial charge >= 0.3 is 5.97 Å². The van der Waals surface area contributed by atoms with Gasteiger partial charge in [0.2, 0.25) is 0 Å². The molecule has 3 aliphatic rings. The van der Waals surface area contributed by atoms with Gasteiger partial charge < -0.3 is 4.74 Å². The lowest BCUT2D eigenvalue weighted by molar-refractivity contribution is -0.133. The van der Waals surface area contributed by atoms with Crippen LogP contribution < -0.4 is 15.9 Å². The SMILES string of the molecule is C=C[C@H]1C2c3ccccc3C(c3ccccc32)[C@@H]1C(=O)C(C(=O)OC)=P(c1ccccc1)(c1ccccc1)c1ccccc1. The summed E-state index contributed by atoms with van der Waals surface area (Å²) in [6, 6.07) is 47.0. The minimum Gasteiger partial charge on any atom is -0.465 e. The van der Waals surface area contributed by atoms with E-state index in [1.807, 2.05) is 109 Å². The highest BCUT2D eigenvalue weighted by Crippen LogP contribution is 2.60. The van der Waals surface area contributed by atoms with Crippen molar-refractivity contribution < 1.29 is 14.3 Å². The lowest BCUT2D eigenvalue weighted by Gasteiger charge is -2.49. The Kier molecular flexibility index (Phi) is 7.28. The topological polar surface area (TPSA) is 43.4 Å². The van der Waals surface area contributed by atoms with Crippen molar-refractivity contribution in [3.05, 3.63) is 174 Å². The van der Waals surface area contributed by atoms with Crippen molar-refractivity contribution in [3.8, 4) is 0 Å². The number of carbonyl (C=O) groups is 2. The van der Waals surface area contributed by atoms with Crippen molar-refractivity contribution >= 4 is 39.8 Å². The van der Waals surface area contributed by atoms with Crippen LogP contribution in [0.1, 0.15) is 34.1 Å². The quantitative estimate of drug-likeness (QED) is 0.0926. The number of ether oxygens (including phenoxy) is 1. The summed E-state index contributed by atoms with van der Waals surface area (Å²) in [7, 11) is 1.38. The fraction of sp³-hybridized carbons (Fsp3) is 0.125. The van der Waals surface area contributed by atoms with E-state index < -0.39 is 18.8 Å². The lowest BCUT2D eigenvalue weighted by Crippen LogP contribution is -2.48. The van der Waals surface area contributed by atoms with Gasteiger partial charge in [0, 0.05) is 17.8 Å². The second-order valence-electron chi connectivity index (χ2n) is 11.4. The first kappa shape index (κ1) is 28.1. The number of hydrogen-bond acceptors (Lipinski definition) is 3. The molecule has 0 aromatic heterocycles. The van der Waals surface area contributed by atoms with Gasteiger partial charge in [0.1, 0.15) is 5.29 Å². The van der Waals surface area contributed by atoms with E-state index in [2.05, 4.69) is 43.0 Å². The molecule has 3 nitrogen and oxygen atoms in total. The molecule has 2 bridgehead atoms. The number of carbonyl (C=O) groups excluding carboxylic acids is 2. The Balaban J connectivity index is 1.62. The van der Waals surface area contributed by atoms with E-state index in [0.29, 0.717) is 0 Å². The highest BCUT2D eigenvalue weighted by Gasteiger charge is 2.53. The molecule has 0 radical (unpaired) electrons. The van der Waals surface area contributed by atoms with E-state index in [1.165, 1.54) is 18.2 Å². The van der Waals surface area contributed by atoms with Gasteiger partial charge in [-0.15, -0.1) is 6.58 Å². The maximum Gasteiger partial charge on any atom is 0.342 e. The summed E-state index contributed by atoms with van der Waals surface area (Å²) < 4.78 is 5.59. The van der Waals surface area contributed by atoms with Crippen LogP contribution in [-0.4, -0.2) is 24.2 Å². The molecule has 0 saturated heterocycles. The van der Waals surface area contributed by atoms with Gasteiger partial charge in [-0.1, -0.05) is 146 Å². The second-order valence-corrected chi connectivity index (χ2v) is 14.8. The molecule has 0 heterocycles. The third kappa shape index (κ3) is 4.11. The number of fused-ring (bicyclic) bond motifs is 1. The van der Waals surface area contributed by atoms with Gasteiger partial charge in [-0.25, -0.2) is 4.79 Å². The maximum atomic E-state index is 15.7. The molecule has 0 N–H and O–H groups in total. The molecule has 4 heteroatoms. The van der Waals surface area contributed by atoms with Gasteiger partial charge in [0.25, 0.3) is 0 Å². The molecule has 0 spiro atoms. The first-order valence-electron chi connectivity index (χ1n) is 15.0. The summed E-state index contributed by atoms with van der Waals surface area (Å²) in [6.07, 6.45) is 1.94. The van der Waals surface area contributed by atoms with Crippen LogP contribution in [0.25, 0.3) is 0 Å². The smallest absolute Gasteiger partial charge is 0.342 e. The van der Waals surface area contributed by atoms with Crippen LogP contribution in [0.3, 0.4) is 0 Å². The third-order valence-electron chi connectivity index (χ3n) is 9.44. The number of hydrogen-bond donors (Lipinski definition) is 0. The molecule has 0 amide bonds. The minimum atomic E-state index is -3.03. The van der Waals surface area contributed by atoms with Crippen molar-refractivity contribution in [1.82, 2.24) is 0 Å². The van der Waals surface area contributed by atoms with Crippen molar-refractivity contribution in [2.45, 2.75) is 11.8 Å². The molecule has 8 rings (SSSR count). The Labute approximate surface area is 258 Å². The van der Waals surface area contributed by atoms with Gasteiger partial charge in [-0.05, 0) is 51.0 Å². The molecule has 0 fully saturated rings. The Morgan fingerprint density at radius 3 is 1.32 bits per heavy atom. The monoisotopic (exact) mass is 592 g/mol. The second kappa shape index (κ2) is 11.4. The van der Waals surface area contributed by atoms with Crippen molar-refractivity contribution in [1.29, 1.82) is 0 Å². The number of methoxy groups -OCH3 is 1. The van der Waals surface area contributed by atoms with Crippen molar-refractivity contribution in [2.75, 3.05) is 7.11 Å². The molecule has 5 aromatic rings. The fourth-order valence-corrected chi connectivity index (χ4v) is 12.1. The van der Waals surface area contributed by atoms with Gasteiger partial charge in [0.15, 0.2) is 5.78 Å². The van der Waals surface area contributed by atoms with E-state index in [9.17, 15) is 4.79 Å². The Morgan fingerprint density at radius 2 is 0.955 bits per heavy atom. The van der Waals surface area contributed by atoms with E-state index in [0.717, 1.165) is 27.0 Å². The van der Waals surface area contributed by atoms with Crippen molar-refractivity contribution in [3.63, 3.8) is 0 Å². The molecule has 5 aromatic carbocycles. The van der Waals surface area contributed by atoms with Crippen LogP contribution in [0.5, 0.6) is 0 Å². The first-order chi connectivity index (χ1) is 21.6. The molecule has 0 aliphatic heterocycles. The van der Waals surface area contributed by atoms with E-state index in [-0.39, 0.29) is 28.8 Å². The average Bonchev–Trinajstić information content (AvgIpc) is 3.10. The summed E-state index contributed by atoms with van der Waals surface area (Å²) in [6.45, 7) is 1.25. The van der Waals surface area contributed by atoms with Gasteiger partial charge in [0.05, 0.1) is 7.11 Å². The van der Waals surface area contributed by atoms with Gasteiger partial charge in [-0.3, -0.25) is 4.79 Å². The van der Waals surface area contributed by atoms with Crippen LogP contribution in [-0.2, 0) is 14.3 Å². The summed E-state index contributed by atoms with van der Waals surface area (Å²) >= 11 is 0. The van der Waals surface area contributed by atoms with E-state index >= 15 is 4.79 Å². The van der Waals surface area contributed by atoms with Crippen LogP contribution in [0.4, 0.5) is 0 Å². The van der Waals surface area contributed by atoms with Crippen LogP contribution in [0.15, 0.2) is 152 Å². The highest BCUT2D eigenvalue weighted by atomic mass is 31.2. The normalized spacial score (nSPS) is 19.8. The third-order valence-corrected chi connectivity index (χ3v) is 13.7. The molecule has 3 aliphatic carbocycles. The van der Waals surface area contributed by atoms with Crippen LogP contribution in [0, 0.1) is 11.8 Å². The first-order valence-corrected chi connectivity index (χ1v) is 16.8. The summed E-state index contributed by atoms with van der Waals surface area (Å²) in [5.74, 6) is -1.70. The molecular weight excluding hydrogens is 559 g/mol. The summed E-state index contributed by atoms with van der Waals surface area (Å²) in [5.41, 5.74) is 4.78. The molecule has 0 unspecified atom stereocenters. The number of rotatable bonds is 7. The van der Waals surface area contributed by atoms with Crippen LogP contribution >= 0.6 is 6.89 Å². The number of benzene rings is 5. The Hall–Kier alpha value is -4.72. The maximum absolute atomic E-state index is 15.7. The highest BCUT2D eigenvalue weighted by molar-refractivity contribution is 7.97. The number of ketones is 1. The lowest BCUT2D eigenvalue weighted by atomic mass is 9.53. The summed E-state index contributed by atoms with van der Waals surface area (Å²) in [4.78, 5) is 30.1.